The van der Waals surface area contributed by atoms with E-state index in [4.69, 9.17) is 4.74 Å². The molecule has 0 N–H and O–H groups in total. The predicted molar refractivity (Wildman–Crippen MR) is 84.2 cm³/mol. The summed E-state index contributed by atoms with van der Waals surface area (Å²) in [5.41, 5.74) is 2.84. The molecular formula is C18H21NO2. The molecule has 0 aliphatic rings. The molecule has 0 aliphatic carbocycles. The van der Waals surface area contributed by atoms with Crippen molar-refractivity contribution in [2.75, 3.05) is 20.2 Å². The maximum absolute atomic E-state index is 12.0. The molecule has 0 bridgehead atoms. The zero-order valence-electron chi connectivity index (χ0n) is 12.6. The Morgan fingerprint density at radius 2 is 1.71 bits per heavy atom. The van der Waals surface area contributed by atoms with Gasteiger partial charge in [0.1, 0.15) is 6.61 Å². The van der Waals surface area contributed by atoms with Gasteiger partial charge in [0, 0.05) is 13.1 Å². The van der Waals surface area contributed by atoms with E-state index in [1.807, 2.05) is 50.4 Å². The molecular weight excluding hydrogens is 262 g/mol. The van der Waals surface area contributed by atoms with Crippen LogP contribution < -0.4 is 0 Å². The molecule has 0 amide bonds. The second-order valence-corrected chi connectivity index (χ2v) is 5.17. The van der Waals surface area contributed by atoms with E-state index in [2.05, 4.69) is 17.0 Å². The van der Waals surface area contributed by atoms with Gasteiger partial charge in [-0.3, -0.25) is 4.90 Å². The van der Waals surface area contributed by atoms with Gasteiger partial charge in [-0.2, -0.15) is 0 Å². The smallest absolute Gasteiger partial charge is 0.338 e. The molecule has 0 spiro atoms. The zero-order chi connectivity index (χ0) is 15.1. The Morgan fingerprint density at radius 1 is 1.05 bits per heavy atom. The highest BCUT2D eigenvalue weighted by Crippen LogP contribution is 2.08. The number of hydrogen-bond donors (Lipinski definition) is 0. The molecule has 0 radical (unpaired) electrons. The molecule has 2 aromatic rings. The van der Waals surface area contributed by atoms with E-state index < -0.39 is 0 Å². The molecule has 0 aromatic heterocycles. The second-order valence-electron chi connectivity index (χ2n) is 5.17. The lowest BCUT2D eigenvalue weighted by atomic mass is 10.1. The number of likely N-dealkylation sites (N-methyl/N-ethyl adjacent to an activating group) is 1. The number of hydrogen-bond acceptors (Lipinski definition) is 3. The summed E-state index contributed by atoms with van der Waals surface area (Å²) in [5, 5.41) is 0. The van der Waals surface area contributed by atoms with Gasteiger partial charge in [0.05, 0.1) is 5.56 Å². The normalized spacial score (nSPS) is 10.6. The first kappa shape index (κ1) is 15.3. The third-order valence-corrected chi connectivity index (χ3v) is 3.37. The van der Waals surface area contributed by atoms with Crippen molar-refractivity contribution in [2.24, 2.45) is 0 Å². The molecule has 3 nitrogen and oxygen atoms in total. The van der Waals surface area contributed by atoms with Gasteiger partial charge in [-0.15, -0.1) is 0 Å². The Hall–Kier alpha value is -2.13. The summed E-state index contributed by atoms with van der Waals surface area (Å²) in [7, 11) is 2.02. The van der Waals surface area contributed by atoms with Gasteiger partial charge in [-0.25, -0.2) is 4.79 Å². The molecule has 0 saturated heterocycles. The Kier molecular flexibility index (Phi) is 5.52. The van der Waals surface area contributed by atoms with Crippen LogP contribution in [0.4, 0.5) is 0 Å². The van der Waals surface area contributed by atoms with Crippen LogP contribution in [0, 0.1) is 6.92 Å². The van der Waals surface area contributed by atoms with Crippen molar-refractivity contribution in [2.45, 2.75) is 13.5 Å². The van der Waals surface area contributed by atoms with Gasteiger partial charge in [0.2, 0.25) is 0 Å². The number of carbonyl (C=O) groups excluding carboxylic acids is 1. The Bertz CT molecular complexity index is 581. The second kappa shape index (κ2) is 7.60. The molecule has 0 aliphatic heterocycles. The Balaban J connectivity index is 1.76. The first-order valence-electron chi connectivity index (χ1n) is 7.12. The summed E-state index contributed by atoms with van der Waals surface area (Å²) in [6.45, 7) is 3.88. The SMILES string of the molecule is Cc1ccccc1C(=O)OCCN(C)Cc1ccccc1. The monoisotopic (exact) mass is 283 g/mol. The van der Waals surface area contributed by atoms with Gasteiger partial charge >= 0.3 is 5.97 Å². The number of aryl methyl sites for hydroxylation is 1. The Labute approximate surface area is 126 Å². The van der Waals surface area contributed by atoms with E-state index in [9.17, 15) is 4.79 Å². The molecule has 0 atom stereocenters. The third-order valence-electron chi connectivity index (χ3n) is 3.37. The van der Waals surface area contributed by atoms with Crippen LogP contribution in [0.5, 0.6) is 0 Å². The summed E-state index contributed by atoms with van der Waals surface area (Å²) in [5.74, 6) is -0.249. The maximum atomic E-state index is 12.0. The van der Waals surface area contributed by atoms with E-state index in [1.165, 1.54) is 5.56 Å². The highest BCUT2D eigenvalue weighted by molar-refractivity contribution is 5.90. The summed E-state index contributed by atoms with van der Waals surface area (Å²) in [4.78, 5) is 14.1. The minimum absolute atomic E-state index is 0.249. The topological polar surface area (TPSA) is 29.5 Å². The van der Waals surface area contributed by atoms with Crippen LogP contribution in [0.25, 0.3) is 0 Å². The molecule has 2 aromatic carbocycles. The quantitative estimate of drug-likeness (QED) is 0.762. The predicted octanol–water partition coefficient (Wildman–Crippen LogP) is 3.28. The van der Waals surface area contributed by atoms with Crippen LogP contribution in [-0.4, -0.2) is 31.1 Å². The van der Waals surface area contributed by atoms with Crippen molar-refractivity contribution >= 4 is 5.97 Å². The summed E-state index contributed by atoms with van der Waals surface area (Å²) in [6, 6.07) is 17.7. The summed E-state index contributed by atoms with van der Waals surface area (Å²) >= 11 is 0. The zero-order valence-corrected chi connectivity index (χ0v) is 12.6. The molecule has 0 fully saturated rings. The third kappa shape index (κ3) is 4.72. The van der Waals surface area contributed by atoms with Gasteiger partial charge in [0.25, 0.3) is 0 Å². The summed E-state index contributed by atoms with van der Waals surface area (Å²) < 4.78 is 5.34. The van der Waals surface area contributed by atoms with E-state index in [1.54, 1.807) is 6.07 Å². The minimum atomic E-state index is -0.249. The number of esters is 1. The van der Waals surface area contributed by atoms with E-state index in [0.717, 1.165) is 12.1 Å². The van der Waals surface area contributed by atoms with Crippen molar-refractivity contribution in [3.8, 4) is 0 Å². The largest absolute Gasteiger partial charge is 0.461 e. The fraction of sp³-hybridized carbons (Fsp3) is 0.278. The van der Waals surface area contributed by atoms with Crippen molar-refractivity contribution in [1.29, 1.82) is 0 Å². The van der Waals surface area contributed by atoms with Crippen LogP contribution in [0.1, 0.15) is 21.5 Å². The van der Waals surface area contributed by atoms with Gasteiger partial charge in [-0.1, -0.05) is 48.5 Å². The highest BCUT2D eigenvalue weighted by Gasteiger charge is 2.09. The Morgan fingerprint density at radius 3 is 2.43 bits per heavy atom. The van der Waals surface area contributed by atoms with Gasteiger partial charge in [-0.05, 0) is 31.2 Å². The molecule has 0 unspecified atom stereocenters. The number of carbonyl (C=O) groups is 1. The number of rotatable bonds is 6. The standard InChI is InChI=1S/C18H21NO2/c1-15-8-6-7-11-17(15)18(20)21-13-12-19(2)14-16-9-4-3-5-10-16/h3-11H,12-14H2,1-2H3. The van der Waals surface area contributed by atoms with Gasteiger partial charge in [0.15, 0.2) is 0 Å². The maximum Gasteiger partial charge on any atom is 0.338 e. The van der Waals surface area contributed by atoms with Crippen molar-refractivity contribution in [3.63, 3.8) is 0 Å². The molecule has 0 heterocycles. The fourth-order valence-electron chi connectivity index (χ4n) is 2.15. The van der Waals surface area contributed by atoms with Crippen LogP contribution in [0.3, 0.4) is 0 Å². The van der Waals surface area contributed by atoms with Crippen LogP contribution >= 0.6 is 0 Å². The van der Waals surface area contributed by atoms with Gasteiger partial charge < -0.3 is 4.74 Å². The lowest BCUT2D eigenvalue weighted by molar-refractivity contribution is 0.0470. The van der Waals surface area contributed by atoms with Crippen LogP contribution in [0.15, 0.2) is 54.6 Å². The lowest BCUT2D eigenvalue weighted by Crippen LogP contribution is -2.24. The van der Waals surface area contributed by atoms with Crippen molar-refractivity contribution < 1.29 is 9.53 Å². The number of nitrogens with zero attached hydrogens (tertiary/aromatic N) is 1. The van der Waals surface area contributed by atoms with Crippen molar-refractivity contribution in [1.82, 2.24) is 4.90 Å². The molecule has 3 heteroatoms. The van der Waals surface area contributed by atoms with Crippen molar-refractivity contribution in [3.05, 3.63) is 71.3 Å². The number of benzene rings is 2. The van der Waals surface area contributed by atoms with Crippen LogP contribution in [-0.2, 0) is 11.3 Å². The highest BCUT2D eigenvalue weighted by atomic mass is 16.5. The summed E-state index contributed by atoms with van der Waals surface area (Å²) in [6.07, 6.45) is 0. The first-order chi connectivity index (χ1) is 10.2. The molecule has 110 valence electrons. The van der Waals surface area contributed by atoms with E-state index in [-0.39, 0.29) is 5.97 Å². The molecule has 0 saturated carbocycles. The van der Waals surface area contributed by atoms with E-state index >= 15 is 0 Å². The van der Waals surface area contributed by atoms with Crippen LogP contribution in [0.2, 0.25) is 0 Å². The molecule has 2 rings (SSSR count). The minimum Gasteiger partial charge on any atom is -0.461 e. The fourth-order valence-corrected chi connectivity index (χ4v) is 2.15. The first-order valence-corrected chi connectivity index (χ1v) is 7.12. The average molecular weight is 283 g/mol. The van der Waals surface area contributed by atoms with E-state index in [0.29, 0.717) is 18.7 Å². The number of ether oxygens (including phenoxy) is 1. The lowest BCUT2D eigenvalue weighted by Gasteiger charge is -2.16. The molecule has 21 heavy (non-hydrogen) atoms. The average Bonchev–Trinajstić information content (AvgIpc) is 2.48.